The van der Waals surface area contributed by atoms with Gasteiger partial charge in [-0.1, -0.05) is 71.8 Å². The van der Waals surface area contributed by atoms with E-state index >= 15 is 0 Å². The van der Waals surface area contributed by atoms with Gasteiger partial charge in [0.25, 0.3) is 20.0 Å². The molecule has 4 aromatic carbocycles. The van der Waals surface area contributed by atoms with Crippen molar-refractivity contribution in [3.8, 4) is 0 Å². The Morgan fingerprint density at radius 2 is 0.902 bits per heavy atom. The number of para-hydroxylation sites is 2. The van der Waals surface area contributed by atoms with Crippen LogP contribution in [-0.2, 0) is 38.0 Å². The maximum absolute atomic E-state index is 13.9. The van der Waals surface area contributed by atoms with Gasteiger partial charge < -0.3 is 4.74 Å². The summed E-state index contributed by atoms with van der Waals surface area (Å²) in [6.45, 7) is 4.53. The minimum Gasteiger partial charge on any atom is -0.372 e. The Morgan fingerprint density at radius 3 is 1.29 bits per heavy atom. The zero-order valence-corrected chi connectivity index (χ0v) is 24.9. The first-order chi connectivity index (χ1) is 19.7. The van der Waals surface area contributed by atoms with Gasteiger partial charge in [-0.25, -0.2) is 16.8 Å². The average molecular weight is 591 g/mol. The van der Waals surface area contributed by atoms with Crippen molar-refractivity contribution >= 4 is 31.4 Å². The standard InChI is InChI=1S/C32H34N2O5S2/c1-25-13-17-29(18-14-25)40(35,36)33-21-7-8-22-34(41(37,38)30-19-15-26(2)16-20-30)32-12-6-4-10-28(32)24-39-23-27-9-3-5-11-31(27)33/h3-6,9-20H,7-8,21-24H2,1-2H3. The van der Waals surface area contributed by atoms with Crippen molar-refractivity contribution in [1.82, 2.24) is 0 Å². The van der Waals surface area contributed by atoms with Crippen molar-refractivity contribution in [2.75, 3.05) is 21.7 Å². The Bertz CT molecular complexity index is 1590. The van der Waals surface area contributed by atoms with Gasteiger partial charge in [0.15, 0.2) is 0 Å². The lowest BCUT2D eigenvalue weighted by molar-refractivity contribution is 0.108. The van der Waals surface area contributed by atoms with Gasteiger partial charge >= 0.3 is 0 Å². The number of ether oxygens (including phenoxy) is 1. The van der Waals surface area contributed by atoms with E-state index in [4.69, 9.17) is 4.74 Å². The molecule has 0 bridgehead atoms. The Kier molecular flexibility index (Phi) is 8.49. The highest BCUT2D eigenvalue weighted by atomic mass is 32.2. The molecular formula is C32H34N2O5S2. The van der Waals surface area contributed by atoms with Gasteiger partial charge in [0.1, 0.15) is 0 Å². The molecule has 0 fully saturated rings. The van der Waals surface area contributed by atoms with E-state index in [0.29, 0.717) is 24.2 Å². The van der Waals surface area contributed by atoms with Crippen LogP contribution in [0, 0.1) is 13.8 Å². The highest BCUT2D eigenvalue weighted by Crippen LogP contribution is 2.32. The molecule has 41 heavy (non-hydrogen) atoms. The van der Waals surface area contributed by atoms with E-state index in [1.807, 2.05) is 50.2 Å². The van der Waals surface area contributed by atoms with Gasteiger partial charge in [-0.2, -0.15) is 0 Å². The van der Waals surface area contributed by atoms with Crippen LogP contribution in [0.1, 0.15) is 35.1 Å². The predicted octanol–water partition coefficient (Wildman–Crippen LogP) is 6.20. The molecule has 0 aromatic heterocycles. The number of fused-ring (bicyclic) bond motifs is 2. The number of hydrogen-bond donors (Lipinski definition) is 0. The largest absolute Gasteiger partial charge is 0.372 e. The zero-order chi connectivity index (χ0) is 29.0. The summed E-state index contributed by atoms with van der Waals surface area (Å²) < 4.78 is 64.7. The molecule has 1 aliphatic rings. The van der Waals surface area contributed by atoms with Crippen LogP contribution in [0.4, 0.5) is 11.4 Å². The zero-order valence-electron chi connectivity index (χ0n) is 23.2. The second-order valence-corrected chi connectivity index (χ2v) is 14.0. The van der Waals surface area contributed by atoms with Crippen LogP contribution in [0.15, 0.2) is 107 Å². The maximum atomic E-state index is 13.9. The molecule has 1 aliphatic heterocycles. The van der Waals surface area contributed by atoms with Gasteiger partial charge in [0.05, 0.1) is 34.4 Å². The van der Waals surface area contributed by atoms with Crippen LogP contribution in [0.25, 0.3) is 0 Å². The van der Waals surface area contributed by atoms with Gasteiger partial charge in [0.2, 0.25) is 0 Å². The molecule has 0 atom stereocenters. The first-order valence-corrected chi connectivity index (χ1v) is 16.5. The van der Waals surface area contributed by atoms with Gasteiger partial charge in [-0.3, -0.25) is 8.61 Å². The van der Waals surface area contributed by atoms with E-state index in [1.165, 1.54) is 8.61 Å². The van der Waals surface area contributed by atoms with E-state index in [-0.39, 0.29) is 36.1 Å². The number of aryl methyl sites for hydroxylation is 2. The number of nitrogens with zero attached hydrogens (tertiary/aromatic N) is 2. The van der Waals surface area contributed by atoms with E-state index in [0.717, 1.165) is 22.3 Å². The third-order valence-electron chi connectivity index (χ3n) is 7.23. The Labute approximate surface area is 243 Å². The molecule has 0 aliphatic carbocycles. The molecule has 0 spiro atoms. The van der Waals surface area contributed by atoms with Crippen LogP contribution < -0.4 is 8.61 Å². The molecule has 7 nitrogen and oxygen atoms in total. The molecule has 0 unspecified atom stereocenters. The maximum Gasteiger partial charge on any atom is 0.264 e. The summed E-state index contributed by atoms with van der Waals surface area (Å²) in [6.07, 6.45) is 0.894. The molecule has 0 saturated heterocycles. The quantitative estimate of drug-likeness (QED) is 0.282. The molecule has 214 valence electrons. The fourth-order valence-electron chi connectivity index (χ4n) is 4.95. The fraction of sp³-hybridized carbons (Fsp3) is 0.250. The van der Waals surface area contributed by atoms with E-state index in [1.54, 1.807) is 60.7 Å². The van der Waals surface area contributed by atoms with Crippen molar-refractivity contribution < 1.29 is 21.6 Å². The molecule has 4 aromatic rings. The Balaban J connectivity index is 1.54. The van der Waals surface area contributed by atoms with Crippen molar-refractivity contribution in [2.24, 2.45) is 0 Å². The Morgan fingerprint density at radius 1 is 0.537 bits per heavy atom. The van der Waals surface area contributed by atoms with Crippen LogP contribution >= 0.6 is 0 Å². The van der Waals surface area contributed by atoms with Gasteiger partial charge in [-0.15, -0.1) is 0 Å². The number of anilines is 2. The molecule has 1 heterocycles. The van der Waals surface area contributed by atoms with Crippen LogP contribution in [0.3, 0.4) is 0 Å². The summed E-state index contributed by atoms with van der Waals surface area (Å²) in [4.78, 5) is 0.415. The number of hydrogen-bond acceptors (Lipinski definition) is 5. The van der Waals surface area contributed by atoms with Crippen LogP contribution in [0.5, 0.6) is 0 Å². The van der Waals surface area contributed by atoms with E-state index < -0.39 is 20.0 Å². The lowest BCUT2D eigenvalue weighted by atomic mass is 10.1. The van der Waals surface area contributed by atoms with Crippen molar-refractivity contribution in [1.29, 1.82) is 0 Å². The van der Waals surface area contributed by atoms with Gasteiger partial charge in [0, 0.05) is 24.2 Å². The highest BCUT2D eigenvalue weighted by Gasteiger charge is 2.29. The van der Waals surface area contributed by atoms with Crippen LogP contribution in [0.2, 0.25) is 0 Å². The van der Waals surface area contributed by atoms with Crippen LogP contribution in [-0.4, -0.2) is 29.9 Å². The summed E-state index contributed by atoms with van der Waals surface area (Å²) in [5.41, 5.74) is 4.54. The normalized spacial score (nSPS) is 15.2. The molecule has 0 saturated carbocycles. The lowest BCUT2D eigenvalue weighted by Gasteiger charge is -2.28. The van der Waals surface area contributed by atoms with E-state index in [9.17, 15) is 16.8 Å². The summed E-state index contributed by atoms with van der Waals surface area (Å²) >= 11 is 0. The third-order valence-corrected chi connectivity index (χ3v) is 10.9. The van der Waals surface area contributed by atoms with Gasteiger partial charge in [-0.05, 0) is 63.1 Å². The first kappa shape index (κ1) is 28.9. The monoisotopic (exact) mass is 590 g/mol. The summed E-state index contributed by atoms with van der Waals surface area (Å²) in [5.74, 6) is 0. The lowest BCUT2D eigenvalue weighted by Crippen LogP contribution is -2.35. The summed E-state index contributed by atoms with van der Waals surface area (Å²) in [5, 5.41) is 0. The molecule has 0 amide bonds. The number of benzene rings is 4. The second kappa shape index (κ2) is 12.1. The summed E-state index contributed by atoms with van der Waals surface area (Å²) in [6, 6.07) is 28.3. The SMILES string of the molecule is Cc1ccc(S(=O)(=O)N2CCCCN(S(=O)(=O)c3ccc(C)cc3)c3ccccc3COCc3ccccc32)cc1. The summed E-state index contributed by atoms with van der Waals surface area (Å²) in [7, 11) is -7.77. The smallest absolute Gasteiger partial charge is 0.264 e. The van der Waals surface area contributed by atoms with Crippen molar-refractivity contribution in [3.63, 3.8) is 0 Å². The second-order valence-electron chi connectivity index (χ2n) is 10.2. The van der Waals surface area contributed by atoms with Crippen molar-refractivity contribution in [2.45, 2.75) is 49.7 Å². The third kappa shape index (κ3) is 6.17. The molecule has 0 radical (unpaired) electrons. The average Bonchev–Trinajstić information content (AvgIpc) is 2.97. The molecule has 9 heteroatoms. The number of rotatable bonds is 4. The minimum absolute atomic E-state index is 0.162. The molecule has 0 N–H and O–H groups in total. The fourth-order valence-corrected chi connectivity index (χ4v) is 8.03. The molecule has 5 rings (SSSR count). The minimum atomic E-state index is -3.89. The number of sulfonamides is 2. The first-order valence-electron chi connectivity index (χ1n) is 13.6. The van der Waals surface area contributed by atoms with Crippen molar-refractivity contribution in [3.05, 3.63) is 119 Å². The van der Waals surface area contributed by atoms with E-state index in [2.05, 4.69) is 0 Å². The topological polar surface area (TPSA) is 84.0 Å². The Hall–Kier alpha value is -3.66. The highest BCUT2D eigenvalue weighted by molar-refractivity contribution is 7.93. The predicted molar refractivity (Wildman–Crippen MR) is 162 cm³/mol. The molecular weight excluding hydrogens is 556 g/mol.